The molecule has 3 heteroatoms. The lowest BCUT2D eigenvalue weighted by atomic mass is 9.95. The summed E-state index contributed by atoms with van der Waals surface area (Å²) < 4.78 is 10.2. The van der Waals surface area contributed by atoms with Crippen LogP contribution in [-0.2, 0) is 15.9 Å². The molecule has 0 unspecified atom stereocenters. The average Bonchev–Trinajstić information content (AvgIpc) is 3.27. The quantitative estimate of drug-likeness (QED) is 0.623. The number of ether oxygens (including phenoxy) is 2. The lowest BCUT2D eigenvalue weighted by Gasteiger charge is -2.11. The van der Waals surface area contributed by atoms with Crippen molar-refractivity contribution in [2.45, 2.75) is 18.9 Å². The van der Waals surface area contributed by atoms with Gasteiger partial charge in [0, 0.05) is 0 Å². The second kappa shape index (κ2) is 5.02. The Kier molecular flexibility index (Phi) is 3.22. The number of carbonyl (C=O) groups excluding carboxylic acids is 1. The number of epoxide rings is 1. The van der Waals surface area contributed by atoms with Crippen LogP contribution in [0.3, 0.4) is 0 Å². The van der Waals surface area contributed by atoms with Crippen LogP contribution in [-0.4, -0.2) is 25.8 Å². The third-order valence-electron chi connectivity index (χ3n) is 3.54. The van der Waals surface area contributed by atoms with Crippen molar-refractivity contribution in [3.05, 3.63) is 47.5 Å². The first-order valence-corrected chi connectivity index (χ1v) is 6.50. The molecule has 0 saturated carbocycles. The molecule has 0 aliphatic carbocycles. The predicted octanol–water partition coefficient (Wildman–Crippen LogP) is 2.96. The number of fused-ring (bicyclic) bond motifs is 1. The molecule has 98 valence electrons. The van der Waals surface area contributed by atoms with Gasteiger partial charge in [0.25, 0.3) is 0 Å². The fraction of sp³-hybridized carbons (Fsp3) is 0.312. The fourth-order valence-electron chi connectivity index (χ4n) is 2.42. The molecule has 2 aromatic carbocycles. The van der Waals surface area contributed by atoms with Gasteiger partial charge in [0.1, 0.15) is 0 Å². The Hall–Kier alpha value is -1.87. The van der Waals surface area contributed by atoms with Gasteiger partial charge in [-0.15, -0.1) is 0 Å². The lowest BCUT2D eigenvalue weighted by molar-refractivity contribution is 0.0601. The standard InChI is InChI=1S/C16H16O3/c1-18-16(17)15-12(8-9-13-10-19-13)7-6-11-4-2-3-5-14(11)15/h2-7,13H,8-10H2,1H3/t13-/m1/s1. The molecule has 0 aromatic heterocycles. The zero-order valence-corrected chi connectivity index (χ0v) is 10.9. The Morgan fingerprint density at radius 1 is 1.32 bits per heavy atom. The maximum Gasteiger partial charge on any atom is 0.338 e. The maximum atomic E-state index is 12.1. The highest BCUT2D eigenvalue weighted by atomic mass is 16.6. The van der Waals surface area contributed by atoms with E-state index in [1.165, 1.54) is 7.11 Å². The van der Waals surface area contributed by atoms with Crippen LogP contribution in [0, 0.1) is 0 Å². The molecule has 1 heterocycles. The molecule has 1 aliphatic rings. The van der Waals surface area contributed by atoms with E-state index in [-0.39, 0.29) is 5.97 Å². The zero-order chi connectivity index (χ0) is 13.2. The number of hydrogen-bond donors (Lipinski definition) is 0. The van der Waals surface area contributed by atoms with Crippen LogP contribution in [0.5, 0.6) is 0 Å². The van der Waals surface area contributed by atoms with Crippen molar-refractivity contribution >= 4 is 16.7 Å². The van der Waals surface area contributed by atoms with Crippen LogP contribution in [0.25, 0.3) is 10.8 Å². The second-order valence-electron chi connectivity index (χ2n) is 4.81. The van der Waals surface area contributed by atoms with Gasteiger partial charge in [0.15, 0.2) is 0 Å². The minimum atomic E-state index is -0.261. The van der Waals surface area contributed by atoms with Gasteiger partial charge in [-0.2, -0.15) is 0 Å². The number of benzene rings is 2. The van der Waals surface area contributed by atoms with E-state index in [2.05, 4.69) is 6.07 Å². The maximum absolute atomic E-state index is 12.1. The van der Waals surface area contributed by atoms with E-state index in [1.54, 1.807) is 0 Å². The van der Waals surface area contributed by atoms with Crippen LogP contribution in [0.4, 0.5) is 0 Å². The van der Waals surface area contributed by atoms with Crippen molar-refractivity contribution in [3.8, 4) is 0 Å². The molecule has 0 amide bonds. The third kappa shape index (κ3) is 2.47. The predicted molar refractivity (Wildman–Crippen MR) is 73.3 cm³/mol. The lowest BCUT2D eigenvalue weighted by Crippen LogP contribution is -2.07. The molecule has 19 heavy (non-hydrogen) atoms. The molecule has 1 aliphatic heterocycles. The molecule has 3 rings (SSSR count). The number of esters is 1. The Labute approximate surface area is 112 Å². The van der Waals surface area contributed by atoms with E-state index in [0.717, 1.165) is 35.8 Å². The van der Waals surface area contributed by atoms with Crippen molar-refractivity contribution in [1.29, 1.82) is 0 Å². The SMILES string of the molecule is COC(=O)c1c(CC[C@@H]2CO2)ccc2ccccc12. The normalized spacial score (nSPS) is 17.4. The van der Waals surface area contributed by atoms with Crippen molar-refractivity contribution in [2.24, 2.45) is 0 Å². The molecule has 0 bridgehead atoms. The van der Waals surface area contributed by atoms with Crippen molar-refractivity contribution < 1.29 is 14.3 Å². The largest absolute Gasteiger partial charge is 0.465 e. The smallest absolute Gasteiger partial charge is 0.338 e. The first-order chi connectivity index (χ1) is 9.29. The number of carbonyl (C=O) groups is 1. The van der Waals surface area contributed by atoms with E-state index in [9.17, 15) is 4.79 Å². The summed E-state index contributed by atoms with van der Waals surface area (Å²) in [6.45, 7) is 0.848. The first-order valence-electron chi connectivity index (χ1n) is 6.50. The van der Waals surface area contributed by atoms with Crippen LogP contribution < -0.4 is 0 Å². The Bertz CT molecular complexity index is 614. The first kappa shape index (κ1) is 12.2. The minimum absolute atomic E-state index is 0.261. The van der Waals surface area contributed by atoms with Gasteiger partial charge >= 0.3 is 5.97 Å². The van der Waals surface area contributed by atoms with Crippen molar-refractivity contribution in [3.63, 3.8) is 0 Å². The zero-order valence-electron chi connectivity index (χ0n) is 10.9. The monoisotopic (exact) mass is 256 g/mol. The van der Waals surface area contributed by atoms with Crippen LogP contribution in [0.1, 0.15) is 22.3 Å². The fourth-order valence-corrected chi connectivity index (χ4v) is 2.42. The summed E-state index contributed by atoms with van der Waals surface area (Å²) in [5, 5.41) is 2.03. The van der Waals surface area contributed by atoms with Gasteiger partial charge < -0.3 is 9.47 Å². The summed E-state index contributed by atoms with van der Waals surface area (Å²) in [5.41, 5.74) is 1.74. The topological polar surface area (TPSA) is 38.8 Å². The van der Waals surface area contributed by atoms with E-state index < -0.39 is 0 Å². The molecular formula is C16H16O3. The number of aryl methyl sites for hydroxylation is 1. The Morgan fingerprint density at radius 3 is 2.84 bits per heavy atom. The minimum Gasteiger partial charge on any atom is -0.465 e. The summed E-state index contributed by atoms with van der Waals surface area (Å²) in [4.78, 5) is 12.1. The van der Waals surface area contributed by atoms with Gasteiger partial charge in [-0.05, 0) is 29.2 Å². The molecule has 2 aromatic rings. The highest BCUT2D eigenvalue weighted by Crippen LogP contribution is 2.26. The van der Waals surface area contributed by atoms with E-state index >= 15 is 0 Å². The van der Waals surface area contributed by atoms with Crippen LogP contribution in [0.2, 0.25) is 0 Å². The van der Waals surface area contributed by atoms with E-state index in [1.807, 2.05) is 30.3 Å². The molecule has 1 saturated heterocycles. The molecule has 3 nitrogen and oxygen atoms in total. The summed E-state index contributed by atoms with van der Waals surface area (Å²) in [6.07, 6.45) is 2.18. The number of rotatable bonds is 4. The van der Waals surface area contributed by atoms with Crippen LogP contribution >= 0.6 is 0 Å². The summed E-state index contributed by atoms with van der Waals surface area (Å²) >= 11 is 0. The summed E-state index contributed by atoms with van der Waals surface area (Å²) in [5.74, 6) is -0.261. The van der Waals surface area contributed by atoms with Gasteiger partial charge in [-0.3, -0.25) is 0 Å². The van der Waals surface area contributed by atoms with Gasteiger partial charge in [0.2, 0.25) is 0 Å². The van der Waals surface area contributed by atoms with Gasteiger partial charge in [-0.1, -0.05) is 36.4 Å². The van der Waals surface area contributed by atoms with Gasteiger partial charge in [-0.25, -0.2) is 4.79 Å². The highest BCUT2D eigenvalue weighted by molar-refractivity contribution is 6.05. The summed E-state index contributed by atoms with van der Waals surface area (Å²) in [7, 11) is 1.43. The van der Waals surface area contributed by atoms with Gasteiger partial charge in [0.05, 0.1) is 25.4 Å². The Morgan fingerprint density at radius 2 is 2.11 bits per heavy atom. The van der Waals surface area contributed by atoms with Crippen molar-refractivity contribution in [2.75, 3.05) is 13.7 Å². The molecule has 0 spiro atoms. The summed E-state index contributed by atoms with van der Waals surface area (Å²) in [6, 6.07) is 12.0. The van der Waals surface area contributed by atoms with Crippen molar-refractivity contribution in [1.82, 2.24) is 0 Å². The van der Waals surface area contributed by atoms with E-state index in [0.29, 0.717) is 11.7 Å². The third-order valence-corrected chi connectivity index (χ3v) is 3.54. The molecule has 0 radical (unpaired) electrons. The molecule has 0 N–H and O–H groups in total. The highest BCUT2D eigenvalue weighted by Gasteiger charge is 2.23. The average molecular weight is 256 g/mol. The second-order valence-corrected chi connectivity index (χ2v) is 4.81. The molecular weight excluding hydrogens is 240 g/mol. The number of hydrogen-bond acceptors (Lipinski definition) is 3. The molecule has 1 fully saturated rings. The molecule has 1 atom stereocenters. The van der Waals surface area contributed by atoms with E-state index in [4.69, 9.17) is 9.47 Å². The van der Waals surface area contributed by atoms with Crippen LogP contribution in [0.15, 0.2) is 36.4 Å². The number of methoxy groups -OCH3 is 1. The Balaban J connectivity index is 2.05.